The number of nitro groups is 1. The number of aromatic nitrogens is 2. The second-order valence-electron chi connectivity index (χ2n) is 5.35. The molecule has 148 valence electrons. The zero-order valence-electron chi connectivity index (χ0n) is 14.2. The Kier molecular flexibility index (Phi) is 6.09. The molecule has 10 nitrogen and oxygen atoms in total. The molecule has 0 aliphatic heterocycles. The van der Waals surface area contributed by atoms with E-state index in [0.29, 0.717) is 9.48 Å². The van der Waals surface area contributed by atoms with E-state index in [2.05, 4.69) is 31.6 Å². The minimum absolute atomic E-state index is 0.0508. The predicted octanol–water partition coefficient (Wildman–Crippen LogP) is 3.94. The van der Waals surface area contributed by atoms with E-state index in [-0.39, 0.29) is 27.0 Å². The van der Waals surface area contributed by atoms with E-state index >= 15 is 0 Å². The molecule has 0 atom stereocenters. The SMILES string of the molecule is O=C(NF)N(Nc1nnc(-c2ccc(Br)cc2[N+](=O)[O-])s1)C(=O)c1ccccc1. The molecule has 3 rings (SSSR count). The number of nitro benzene ring substituents is 1. The molecule has 3 aromatic rings. The number of carbonyl (C=O) groups excluding carboxylic acids is 2. The van der Waals surface area contributed by atoms with Gasteiger partial charge in [0.15, 0.2) is 5.01 Å². The van der Waals surface area contributed by atoms with Gasteiger partial charge in [0.05, 0.1) is 10.5 Å². The molecule has 0 radical (unpaired) electrons. The molecule has 0 saturated carbocycles. The number of halogens is 2. The topological polar surface area (TPSA) is 130 Å². The van der Waals surface area contributed by atoms with Crippen LogP contribution in [0.4, 0.5) is 20.1 Å². The molecule has 0 unspecified atom stereocenters. The van der Waals surface area contributed by atoms with Crippen molar-refractivity contribution in [2.45, 2.75) is 0 Å². The first-order valence-electron chi connectivity index (χ1n) is 7.75. The minimum Gasteiger partial charge on any atom is -0.267 e. The molecule has 3 amide bonds. The lowest BCUT2D eigenvalue weighted by molar-refractivity contribution is -0.384. The van der Waals surface area contributed by atoms with E-state index in [1.165, 1.54) is 24.3 Å². The second kappa shape index (κ2) is 8.70. The maximum Gasteiger partial charge on any atom is 0.371 e. The number of benzene rings is 2. The standard InChI is InChI=1S/C16H10BrFN6O4S/c17-10-6-7-11(12(8-10)24(27)28)13-20-21-15(29-13)22-23(16(26)19-18)14(25)9-4-2-1-3-5-9/h1-8H,(H,19,26)(H,21,22). The van der Waals surface area contributed by atoms with Crippen LogP contribution in [0.1, 0.15) is 10.4 Å². The number of anilines is 1. The summed E-state index contributed by atoms with van der Waals surface area (Å²) in [5.74, 6) is -0.841. The summed E-state index contributed by atoms with van der Waals surface area (Å²) in [4.78, 5) is 35.0. The number of rotatable bonds is 5. The van der Waals surface area contributed by atoms with Gasteiger partial charge in [0, 0.05) is 16.1 Å². The molecule has 0 aliphatic rings. The second-order valence-corrected chi connectivity index (χ2v) is 7.24. The van der Waals surface area contributed by atoms with Crippen molar-refractivity contribution in [1.29, 1.82) is 0 Å². The van der Waals surface area contributed by atoms with Crippen LogP contribution in [0.5, 0.6) is 0 Å². The Morgan fingerprint density at radius 2 is 1.90 bits per heavy atom. The molecule has 1 aromatic heterocycles. The summed E-state index contributed by atoms with van der Waals surface area (Å²) in [6.45, 7) is 0. The maximum absolute atomic E-state index is 12.7. The number of hydrazine groups is 1. The molecule has 13 heteroatoms. The molecule has 2 aromatic carbocycles. The van der Waals surface area contributed by atoms with Crippen molar-refractivity contribution in [3.8, 4) is 10.6 Å². The van der Waals surface area contributed by atoms with Crippen LogP contribution in [0, 0.1) is 10.1 Å². The van der Waals surface area contributed by atoms with Crippen LogP contribution < -0.4 is 11.0 Å². The van der Waals surface area contributed by atoms with Crippen molar-refractivity contribution in [3.63, 3.8) is 0 Å². The highest BCUT2D eigenvalue weighted by molar-refractivity contribution is 9.10. The van der Waals surface area contributed by atoms with E-state index < -0.39 is 16.9 Å². The molecule has 0 aliphatic carbocycles. The molecule has 0 bridgehead atoms. The molecule has 0 saturated heterocycles. The average molecular weight is 481 g/mol. The molecule has 0 fully saturated rings. The van der Waals surface area contributed by atoms with Gasteiger partial charge in [-0.3, -0.25) is 20.3 Å². The van der Waals surface area contributed by atoms with Gasteiger partial charge in [0.1, 0.15) is 0 Å². The lowest BCUT2D eigenvalue weighted by Crippen LogP contribution is -2.45. The third kappa shape index (κ3) is 4.52. The fourth-order valence-corrected chi connectivity index (χ4v) is 3.37. The molecular weight excluding hydrogens is 471 g/mol. The summed E-state index contributed by atoms with van der Waals surface area (Å²) in [6.07, 6.45) is 0. The fourth-order valence-electron chi connectivity index (χ4n) is 2.26. The molecule has 29 heavy (non-hydrogen) atoms. The Morgan fingerprint density at radius 3 is 2.55 bits per heavy atom. The van der Waals surface area contributed by atoms with Crippen molar-refractivity contribution in [1.82, 2.24) is 20.7 Å². The van der Waals surface area contributed by atoms with Crippen LogP contribution in [0.25, 0.3) is 10.6 Å². The number of amides is 3. The number of nitrogens with zero attached hydrogens (tertiary/aromatic N) is 4. The van der Waals surface area contributed by atoms with Gasteiger partial charge < -0.3 is 0 Å². The summed E-state index contributed by atoms with van der Waals surface area (Å²) in [7, 11) is 0. The first kappa shape index (κ1) is 20.3. The van der Waals surface area contributed by atoms with Crippen molar-refractivity contribution < 1.29 is 19.0 Å². The quantitative estimate of drug-likeness (QED) is 0.321. The Morgan fingerprint density at radius 1 is 1.17 bits per heavy atom. The minimum atomic E-state index is -1.37. The number of imide groups is 1. The zero-order chi connectivity index (χ0) is 21.0. The van der Waals surface area contributed by atoms with E-state index in [1.807, 2.05) is 0 Å². The maximum atomic E-state index is 12.7. The van der Waals surface area contributed by atoms with Crippen LogP contribution in [-0.2, 0) is 0 Å². The molecular formula is C16H10BrFN6O4S. The van der Waals surface area contributed by atoms with Gasteiger partial charge in [0.25, 0.3) is 11.6 Å². The lowest BCUT2D eigenvalue weighted by Gasteiger charge is -2.18. The first-order chi connectivity index (χ1) is 13.9. The Labute approximate surface area is 174 Å². The average Bonchev–Trinajstić information content (AvgIpc) is 3.20. The van der Waals surface area contributed by atoms with Gasteiger partial charge in [-0.05, 0) is 24.3 Å². The van der Waals surface area contributed by atoms with Gasteiger partial charge in [0.2, 0.25) is 5.13 Å². The highest BCUT2D eigenvalue weighted by Crippen LogP contribution is 2.35. The third-order valence-electron chi connectivity index (χ3n) is 3.53. The number of hydrogen-bond donors (Lipinski definition) is 2. The van der Waals surface area contributed by atoms with Crippen LogP contribution in [0.2, 0.25) is 0 Å². The van der Waals surface area contributed by atoms with E-state index in [0.717, 1.165) is 16.9 Å². The summed E-state index contributed by atoms with van der Waals surface area (Å²) < 4.78 is 13.2. The van der Waals surface area contributed by atoms with Crippen molar-refractivity contribution >= 4 is 50.0 Å². The predicted molar refractivity (Wildman–Crippen MR) is 106 cm³/mol. The van der Waals surface area contributed by atoms with Gasteiger partial charge >= 0.3 is 6.03 Å². The van der Waals surface area contributed by atoms with Crippen LogP contribution in [0.15, 0.2) is 53.0 Å². The number of urea groups is 1. The van der Waals surface area contributed by atoms with Gasteiger partial charge in [-0.2, -0.15) is 10.5 Å². The molecule has 2 N–H and O–H groups in total. The normalized spacial score (nSPS) is 10.3. The zero-order valence-corrected chi connectivity index (χ0v) is 16.6. The molecule has 0 spiro atoms. The Hall–Kier alpha value is -3.45. The van der Waals surface area contributed by atoms with Gasteiger partial charge in [-0.1, -0.05) is 49.9 Å². The summed E-state index contributed by atoms with van der Waals surface area (Å²) in [5.41, 5.74) is 3.35. The number of hydrogen-bond acceptors (Lipinski definition) is 8. The number of carbonyl (C=O) groups is 2. The first-order valence-corrected chi connectivity index (χ1v) is 9.36. The van der Waals surface area contributed by atoms with Crippen molar-refractivity contribution in [2.75, 3.05) is 5.43 Å². The molecule has 1 heterocycles. The smallest absolute Gasteiger partial charge is 0.267 e. The number of nitrogens with one attached hydrogen (secondary N) is 2. The lowest BCUT2D eigenvalue weighted by atomic mass is 10.2. The summed E-state index contributed by atoms with van der Waals surface area (Å²) >= 11 is 4.01. The summed E-state index contributed by atoms with van der Waals surface area (Å²) in [6, 6.07) is 10.7. The van der Waals surface area contributed by atoms with Crippen LogP contribution in [-0.4, -0.2) is 32.1 Å². The van der Waals surface area contributed by atoms with Crippen molar-refractivity contribution in [3.05, 3.63) is 68.7 Å². The van der Waals surface area contributed by atoms with E-state index in [1.54, 1.807) is 24.3 Å². The monoisotopic (exact) mass is 480 g/mol. The van der Waals surface area contributed by atoms with E-state index in [9.17, 15) is 24.2 Å². The summed E-state index contributed by atoms with van der Waals surface area (Å²) in [5, 5.41) is 19.4. The fraction of sp³-hybridized carbons (Fsp3) is 0. The van der Waals surface area contributed by atoms with Gasteiger partial charge in [-0.25, -0.2) is 4.79 Å². The van der Waals surface area contributed by atoms with Gasteiger partial charge in [-0.15, -0.1) is 10.2 Å². The third-order valence-corrected chi connectivity index (χ3v) is 4.88. The van der Waals surface area contributed by atoms with E-state index in [4.69, 9.17) is 0 Å². The largest absolute Gasteiger partial charge is 0.371 e. The van der Waals surface area contributed by atoms with Crippen molar-refractivity contribution in [2.24, 2.45) is 0 Å². The Bertz CT molecular complexity index is 1080. The Balaban J connectivity index is 1.90. The highest BCUT2D eigenvalue weighted by Gasteiger charge is 2.26. The van der Waals surface area contributed by atoms with Crippen LogP contribution in [0.3, 0.4) is 0 Å². The van der Waals surface area contributed by atoms with Crippen LogP contribution >= 0.6 is 27.3 Å². The highest BCUT2D eigenvalue weighted by atomic mass is 79.9.